The van der Waals surface area contributed by atoms with Gasteiger partial charge in [-0.05, 0) is 55.3 Å². The average Bonchev–Trinajstić information content (AvgIpc) is 3.27. The van der Waals surface area contributed by atoms with Gasteiger partial charge in [-0.2, -0.15) is 13.2 Å². The van der Waals surface area contributed by atoms with Crippen molar-refractivity contribution in [1.82, 2.24) is 19.9 Å². The van der Waals surface area contributed by atoms with Crippen LogP contribution in [-0.4, -0.2) is 44.8 Å². The Balaban J connectivity index is 1.49. The molecule has 4 rings (SSSR count). The van der Waals surface area contributed by atoms with Crippen LogP contribution in [0, 0.1) is 11.7 Å². The summed E-state index contributed by atoms with van der Waals surface area (Å²) in [5.41, 5.74) is 4.02. The molecule has 35 heavy (non-hydrogen) atoms. The summed E-state index contributed by atoms with van der Waals surface area (Å²) < 4.78 is 55.2. The number of alkyl halides is 3. The molecule has 1 fully saturated rings. The zero-order valence-electron chi connectivity index (χ0n) is 18.4. The van der Waals surface area contributed by atoms with E-state index in [1.807, 2.05) is 0 Å². The average molecular weight is 490 g/mol. The van der Waals surface area contributed by atoms with E-state index in [2.05, 4.69) is 20.5 Å². The molecular formula is C23H22F4N6O2. The summed E-state index contributed by atoms with van der Waals surface area (Å²) in [6.07, 6.45) is -3.34. The van der Waals surface area contributed by atoms with Crippen molar-refractivity contribution in [1.29, 1.82) is 0 Å². The zero-order valence-corrected chi connectivity index (χ0v) is 18.4. The van der Waals surface area contributed by atoms with Crippen LogP contribution in [0.1, 0.15) is 34.6 Å². The van der Waals surface area contributed by atoms with E-state index in [0.29, 0.717) is 17.8 Å². The highest BCUT2D eigenvalue weighted by Gasteiger charge is 2.42. The van der Waals surface area contributed by atoms with Crippen LogP contribution >= 0.6 is 0 Å². The van der Waals surface area contributed by atoms with Crippen molar-refractivity contribution in [2.24, 2.45) is 11.7 Å². The minimum atomic E-state index is -4.97. The Hall–Kier alpha value is -3.80. The maximum absolute atomic E-state index is 13.8. The van der Waals surface area contributed by atoms with E-state index < -0.39 is 29.3 Å². The number of carbonyl (C=O) groups is 2. The van der Waals surface area contributed by atoms with Crippen LogP contribution in [0.25, 0.3) is 5.69 Å². The molecule has 1 atom stereocenters. The number of nitrogens with one attached hydrogen (secondary N) is 1. The third-order valence-electron chi connectivity index (χ3n) is 5.73. The lowest BCUT2D eigenvalue weighted by Gasteiger charge is -2.31. The number of hydrogen-bond acceptors (Lipinski definition) is 5. The molecule has 0 spiro atoms. The molecule has 0 radical (unpaired) electrons. The lowest BCUT2D eigenvalue weighted by Crippen LogP contribution is -2.40. The molecule has 1 aliphatic rings. The van der Waals surface area contributed by atoms with Gasteiger partial charge in [0, 0.05) is 18.8 Å². The van der Waals surface area contributed by atoms with Crippen LogP contribution in [-0.2, 0) is 17.5 Å². The monoisotopic (exact) mass is 490 g/mol. The summed E-state index contributed by atoms with van der Waals surface area (Å²) in [6.45, 7) is 1.96. The van der Waals surface area contributed by atoms with E-state index >= 15 is 0 Å². The largest absolute Gasteiger partial charge is 0.435 e. The number of aromatic nitrogens is 3. The number of nitrogens with two attached hydrogens (primary N) is 1. The van der Waals surface area contributed by atoms with Crippen molar-refractivity contribution in [2.45, 2.75) is 25.6 Å². The number of halogens is 4. The third-order valence-corrected chi connectivity index (χ3v) is 5.73. The molecule has 8 nitrogen and oxygen atoms in total. The van der Waals surface area contributed by atoms with Crippen LogP contribution < -0.4 is 11.1 Å². The normalized spacial score (nSPS) is 16.7. The minimum absolute atomic E-state index is 0.189. The van der Waals surface area contributed by atoms with Gasteiger partial charge in [0.2, 0.25) is 5.91 Å². The molecule has 3 aromatic rings. The Kier molecular flexibility index (Phi) is 6.83. The molecule has 1 aliphatic heterocycles. The smallest absolute Gasteiger partial charge is 0.369 e. The van der Waals surface area contributed by atoms with Gasteiger partial charge in [0.15, 0.2) is 11.4 Å². The molecule has 184 valence electrons. The van der Waals surface area contributed by atoms with E-state index in [0.717, 1.165) is 37.1 Å². The quantitative estimate of drug-likeness (QED) is 0.516. The first-order chi connectivity index (χ1) is 16.6. The van der Waals surface area contributed by atoms with Crippen LogP contribution in [0.3, 0.4) is 0 Å². The van der Waals surface area contributed by atoms with E-state index in [4.69, 9.17) is 5.73 Å². The highest BCUT2D eigenvalue weighted by Crippen LogP contribution is 2.33. The Morgan fingerprint density at radius 1 is 1.14 bits per heavy atom. The first-order valence-electron chi connectivity index (χ1n) is 10.8. The van der Waals surface area contributed by atoms with Gasteiger partial charge in [-0.25, -0.2) is 9.07 Å². The highest BCUT2D eigenvalue weighted by atomic mass is 19.4. The summed E-state index contributed by atoms with van der Waals surface area (Å²) >= 11 is 0. The molecule has 0 saturated carbocycles. The van der Waals surface area contributed by atoms with E-state index in [-0.39, 0.29) is 23.2 Å². The SMILES string of the molecule is NC(=O)C1CCCN(Cc2ccc(NC(=O)c3nnn(-c4cccc(F)c4)c3C(F)(F)F)cc2)C1. The number of likely N-dealkylation sites (tertiary alicyclic amines) is 1. The van der Waals surface area contributed by atoms with Crippen molar-refractivity contribution in [3.8, 4) is 5.69 Å². The van der Waals surface area contributed by atoms with E-state index in [1.54, 1.807) is 24.3 Å². The zero-order chi connectivity index (χ0) is 25.2. The topological polar surface area (TPSA) is 106 Å². The third kappa shape index (κ3) is 5.65. The predicted molar refractivity (Wildman–Crippen MR) is 118 cm³/mol. The molecule has 12 heteroatoms. The number of amides is 2. The number of carbonyl (C=O) groups excluding carboxylic acids is 2. The number of rotatable bonds is 6. The van der Waals surface area contributed by atoms with E-state index in [1.165, 1.54) is 12.1 Å². The molecule has 2 heterocycles. The van der Waals surface area contributed by atoms with Crippen molar-refractivity contribution in [3.05, 3.63) is 71.3 Å². The molecule has 3 N–H and O–H groups in total. The molecule has 0 bridgehead atoms. The molecular weight excluding hydrogens is 468 g/mol. The van der Waals surface area contributed by atoms with Gasteiger partial charge in [-0.3, -0.25) is 14.5 Å². The number of anilines is 1. The van der Waals surface area contributed by atoms with Gasteiger partial charge < -0.3 is 11.1 Å². The van der Waals surface area contributed by atoms with Gasteiger partial charge in [0.1, 0.15) is 5.82 Å². The predicted octanol–water partition coefficient (Wildman–Crippen LogP) is 3.37. The molecule has 1 unspecified atom stereocenters. The Morgan fingerprint density at radius 3 is 2.54 bits per heavy atom. The first kappa shape index (κ1) is 24.3. The molecule has 2 aromatic carbocycles. The first-order valence-corrected chi connectivity index (χ1v) is 10.8. The fourth-order valence-corrected chi connectivity index (χ4v) is 4.05. The number of primary amides is 1. The molecule has 2 amide bonds. The maximum atomic E-state index is 13.8. The van der Waals surface area contributed by atoms with Gasteiger partial charge in [-0.15, -0.1) is 5.10 Å². The van der Waals surface area contributed by atoms with Gasteiger partial charge in [-0.1, -0.05) is 23.4 Å². The number of benzene rings is 2. The Labute approximate surface area is 197 Å². The Bertz CT molecular complexity index is 1230. The highest BCUT2D eigenvalue weighted by molar-refractivity contribution is 6.03. The molecule has 1 saturated heterocycles. The maximum Gasteiger partial charge on any atom is 0.435 e. The van der Waals surface area contributed by atoms with Crippen LogP contribution in [0.4, 0.5) is 23.2 Å². The summed E-state index contributed by atoms with van der Waals surface area (Å²) in [5.74, 6) is -2.37. The second-order valence-electron chi connectivity index (χ2n) is 8.30. The molecule has 0 aliphatic carbocycles. The molecule has 1 aromatic heterocycles. The van der Waals surface area contributed by atoms with Crippen LogP contribution in [0.15, 0.2) is 48.5 Å². The van der Waals surface area contributed by atoms with Gasteiger partial charge >= 0.3 is 6.18 Å². The summed E-state index contributed by atoms with van der Waals surface area (Å²) in [7, 11) is 0. The minimum Gasteiger partial charge on any atom is -0.369 e. The van der Waals surface area contributed by atoms with Gasteiger partial charge in [0.25, 0.3) is 5.91 Å². The lowest BCUT2D eigenvalue weighted by atomic mass is 9.97. The van der Waals surface area contributed by atoms with Crippen LogP contribution in [0.5, 0.6) is 0 Å². The fourth-order valence-electron chi connectivity index (χ4n) is 4.05. The fraction of sp³-hybridized carbons (Fsp3) is 0.304. The van der Waals surface area contributed by atoms with Crippen molar-refractivity contribution < 1.29 is 27.2 Å². The van der Waals surface area contributed by atoms with Crippen molar-refractivity contribution >= 4 is 17.5 Å². The van der Waals surface area contributed by atoms with Gasteiger partial charge in [0.05, 0.1) is 11.6 Å². The number of hydrogen-bond donors (Lipinski definition) is 2. The van der Waals surface area contributed by atoms with Crippen molar-refractivity contribution in [2.75, 3.05) is 18.4 Å². The number of piperidine rings is 1. The Morgan fingerprint density at radius 2 is 1.89 bits per heavy atom. The van der Waals surface area contributed by atoms with Crippen molar-refractivity contribution in [3.63, 3.8) is 0 Å². The standard InChI is InChI=1S/C23H22F4N6O2/c24-16-4-1-5-18(11-16)33-20(23(25,26)27)19(30-31-33)22(35)29-17-8-6-14(7-9-17)12-32-10-2-3-15(13-32)21(28)34/h1,4-9,11,15H,2-3,10,12-13H2,(H2,28,34)(H,29,35). The number of nitrogens with zero attached hydrogens (tertiary/aromatic N) is 4. The summed E-state index contributed by atoms with van der Waals surface area (Å²) in [5, 5.41) is 9.25. The van der Waals surface area contributed by atoms with Crippen LogP contribution in [0.2, 0.25) is 0 Å². The van der Waals surface area contributed by atoms with E-state index in [9.17, 15) is 27.2 Å². The summed E-state index contributed by atoms with van der Waals surface area (Å²) in [6, 6.07) is 11.0. The summed E-state index contributed by atoms with van der Waals surface area (Å²) in [4.78, 5) is 26.2. The lowest BCUT2D eigenvalue weighted by molar-refractivity contribution is -0.143. The second-order valence-corrected chi connectivity index (χ2v) is 8.30. The second kappa shape index (κ2) is 9.82.